The van der Waals surface area contributed by atoms with Gasteiger partial charge in [-0.2, -0.15) is 0 Å². The Morgan fingerprint density at radius 2 is 2.08 bits per heavy atom. The molecule has 2 heterocycles. The van der Waals surface area contributed by atoms with Crippen LogP contribution in [0.4, 0.5) is 14.5 Å². The number of thiophene rings is 1. The van der Waals surface area contributed by atoms with E-state index < -0.39 is 17.5 Å². The number of carbonyl (C=O) groups is 1. The molecule has 0 aliphatic rings. The molecule has 136 valence electrons. The van der Waals surface area contributed by atoms with Crippen molar-refractivity contribution in [3.8, 4) is 11.4 Å². The van der Waals surface area contributed by atoms with Gasteiger partial charge in [-0.1, -0.05) is 11.8 Å². The summed E-state index contributed by atoms with van der Waals surface area (Å²) in [5.41, 5.74) is 2.12. The van der Waals surface area contributed by atoms with Gasteiger partial charge < -0.3 is 9.88 Å². The number of carbonyl (C=O) groups excluding carboxylic acids is 1. The zero-order chi connectivity index (χ0) is 18.8. The van der Waals surface area contributed by atoms with Crippen LogP contribution in [-0.4, -0.2) is 26.4 Å². The monoisotopic (exact) mass is 394 g/mol. The van der Waals surface area contributed by atoms with Crippen molar-refractivity contribution >= 4 is 34.7 Å². The van der Waals surface area contributed by atoms with Gasteiger partial charge in [0.1, 0.15) is 11.6 Å². The molecule has 1 N–H and O–H groups in total. The number of amides is 1. The minimum atomic E-state index is -0.812. The van der Waals surface area contributed by atoms with Crippen LogP contribution in [0, 0.1) is 25.5 Å². The number of anilines is 1. The molecule has 3 aromatic rings. The molecule has 0 unspecified atom stereocenters. The first-order chi connectivity index (χ1) is 12.4. The smallest absolute Gasteiger partial charge is 0.234 e. The van der Waals surface area contributed by atoms with Crippen molar-refractivity contribution in [2.45, 2.75) is 19.0 Å². The lowest BCUT2D eigenvalue weighted by molar-refractivity contribution is -0.113. The number of nitrogens with one attached hydrogen (secondary N) is 1. The lowest BCUT2D eigenvalue weighted by Crippen LogP contribution is -2.15. The van der Waals surface area contributed by atoms with Crippen molar-refractivity contribution in [3.05, 3.63) is 45.7 Å². The lowest BCUT2D eigenvalue weighted by atomic mass is 10.2. The Morgan fingerprint density at radius 3 is 2.73 bits per heavy atom. The van der Waals surface area contributed by atoms with Gasteiger partial charge in [-0.25, -0.2) is 8.78 Å². The molecule has 0 saturated heterocycles. The molecule has 3 rings (SSSR count). The van der Waals surface area contributed by atoms with Gasteiger partial charge in [0.05, 0.1) is 11.4 Å². The van der Waals surface area contributed by atoms with Crippen LogP contribution in [0.5, 0.6) is 0 Å². The van der Waals surface area contributed by atoms with Crippen molar-refractivity contribution in [2.24, 2.45) is 7.05 Å². The molecular weight excluding hydrogens is 378 g/mol. The third kappa shape index (κ3) is 3.78. The number of rotatable bonds is 5. The van der Waals surface area contributed by atoms with Crippen LogP contribution in [0.15, 0.2) is 28.7 Å². The Kier molecular flexibility index (Phi) is 5.38. The number of nitrogens with zero attached hydrogens (tertiary/aromatic N) is 3. The van der Waals surface area contributed by atoms with Gasteiger partial charge in [-0.15, -0.1) is 21.5 Å². The molecule has 0 aliphatic heterocycles. The maximum absolute atomic E-state index is 13.6. The van der Waals surface area contributed by atoms with Crippen LogP contribution < -0.4 is 5.32 Å². The van der Waals surface area contributed by atoms with Crippen LogP contribution >= 0.6 is 23.1 Å². The molecule has 1 amide bonds. The fourth-order valence-electron chi connectivity index (χ4n) is 2.32. The summed E-state index contributed by atoms with van der Waals surface area (Å²) in [5, 5.41) is 13.4. The summed E-state index contributed by atoms with van der Waals surface area (Å²) in [5.74, 6) is -1.15. The van der Waals surface area contributed by atoms with E-state index in [1.165, 1.54) is 22.7 Å². The van der Waals surface area contributed by atoms with Crippen LogP contribution in [0.1, 0.15) is 10.4 Å². The molecule has 26 heavy (non-hydrogen) atoms. The zero-order valence-electron chi connectivity index (χ0n) is 14.3. The summed E-state index contributed by atoms with van der Waals surface area (Å²) in [7, 11) is 1.83. The lowest BCUT2D eigenvalue weighted by Gasteiger charge is -2.06. The van der Waals surface area contributed by atoms with E-state index >= 15 is 0 Å². The van der Waals surface area contributed by atoms with Gasteiger partial charge >= 0.3 is 0 Å². The van der Waals surface area contributed by atoms with Crippen molar-refractivity contribution in [2.75, 3.05) is 11.1 Å². The molecule has 0 radical (unpaired) electrons. The number of halogens is 2. The first kappa shape index (κ1) is 18.5. The van der Waals surface area contributed by atoms with E-state index in [9.17, 15) is 13.6 Å². The van der Waals surface area contributed by atoms with E-state index in [0.29, 0.717) is 5.16 Å². The molecule has 0 atom stereocenters. The summed E-state index contributed by atoms with van der Waals surface area (Å²) in [6.45, 7) is 4.09. The highest BCUT2D eigenvalue weighted by Crippen LogP contribution is 2.30. The molecule has 0 bridgehead atoms. The number of aromatic nitrogens is 3. The third-order valence-electron chi connectivity index (χ3n) is 3.90. The predicted octanol–water partition coefficient (Wildman–Crippen LogP) is 4.17. The Balaban J connectivity index is 1.67. The highest BCUT2D eigenvalue weighted by Gasteiger charge is 2.16. The molecule has 2 aromatic heterocycles. The van der Waals surface area contributed by atoms with Crippen molar-refractivity contribution in [1.82, 2.24) is 14.8 Å². The minimum absolute atomic E-state index is 0.0322. The Hall–Kier alpha value is -2.26. The Bertz CT molecular complexity index is 968. The largest absolute Gasteiger partial charge is 0.323 e. The second kappa shape index (κ2) is 7.55. The molecule has 0 spiro atoms. The van der Waals surface area contributed by atoms with Gasteiger partial charge in [0.15, 0.2) is 11.0 Å². The first-order valence-electron chi connectivity index (χ1n) is 7.69. The van der Waals surface area contributed by atoms with Crippen molar-refractivity contribution in [1.29, 1.82) is 0 Å². The summed E-state index contributed by atoms with van der Waals surface area (Å²) < 4.78 is 28.3. The predicted molar refractivity (Wildman–Crippen MR) is 99.5 cm³/mol. The maximum Gasteiger partial charge on any atom is 0.234 e. The Labute approximate surface area is 157 Å². The van der Waals surface area contributed by atoms with E-state index in [2.05, 4.69) is 22.4 Å². The fourth-order valence-corrected chi connectivity index (χ4v) is 3.89. The van der Waals surface area contributed by atoms with Crippen LogP contribution in [0.3, 0.4) is 0 Å². The number of thioether (sulfide) groups is 1. The summed E-state index contributed by atoms with van der Waals surface area (Å²) in [4.78, 5) is 13.2. The highest BCUT2D eigenvalue weighted by molar-refractivity contribution is 7.99. The number of benzene rings is 1. The zero-order valence-corrected chi connectivity index (χ0v) is 16.0. The average molecular weight is 394 g/mol. The van der Waals surface area contributed by atoms with Crippen LogP contribution in [-0.2, 0) is 11.8 Å². The number of hydrogen-bond acceptors (Lipinski definition) is 5. The van der Waals surface area contributed by atoms with Gasteiger partial charge in [-0.05, 0) is 31.5 Å². The van der Waals surface area contributed by atoms with E-state index in [1.807, 2.05) is 23.9 Å². The minimum Gasteiger partial charge on any atom is -0.323 e. The molecular formula is C17H16F2N4OS2. The number of aryl methyl sites for hydroxylation is 1. The summed E-state index contributed by atoms with van der Waals surface area (Å²) in [6.07, 6.45) is 0. The van der Waals surface area contributed by atoms with E-state index in [0.717, 1.165) is 29.1 Å². The van der Waals surface area contributed by atoms with Gasteiger partial charge in [0, 0.05) is 28.9 Å². The van der Waals surface area contributed by atoms with Crippen LogP contribution in [0.2, 0.25) is 0 Å². The van der Waals surface area contributed by atoms with Gasteiger partial charge in [0.25, 0.3) is 0 Å². The normalized spacial score (nSPS) is 11.0. The topological polar surface area (TPSA) is 59.8 Å². The molecule has 1 aromatic carbocycles. The molecule has 0 saturated carbocycles. The standard InChI is InChI=1S/C17H16F2N4OS2/c1-9-10(2)25-7-12(9)16-21-22-17(23(16)3)26-8-15(24)20-14-5-4-11(18)6-13(14)19/h4-7H,8H2,1-3H3,(H,20,24). The second-order valence-electron chi connectivity index (χ2n) is 5.66. The Morgan fingerprint density at radius 1 is 1.31 bits per heavy atom. The van der Waals surface area contributed by atoms with Crippen LogP contribution in [0.25, 0.3) is 11.4 Å². The molecule has 0 fully saturated rings. The van der Waals surface area contributed by atoms with E-state index in [-0.39, 0.29) is 11.4 Å². The van der Waals surface area contributed by atoms with Crippen molar-refractivity contribution in [3.63, 3.8) is 0 Å². The SMILES string of the molecule is Cc1scc(-c2nnc(SCC(=O)Nc3ccc(F)cc3F)n2C)c1C. The maximum atomic E-state index is 13.6. The second-order valence-corrected chi connectivity index (χ2v) is 7.68. The van der Waals surface area contributed by atoms with E-state index in [4.69, 9.17) is 0 Å². The van der Waals surface area contributed by atoms with Crippen molar-refractivity contribution < 1.29 is 13.6 Å². The first-order valence-corrected chi connectivity index (χ1v) is 9.55. The van der Waals surface area contributed by atoms with E-state index in [1.54, 1.807) is 11.3 Å². The summed E-state index contributed by atoms with van der Waals surface area (Å²) >= 11 is 2.85. The average Bonchev–Trinajstić information content (AvgIpc) is 3.11. The quantitative estimate of drug-likeness (QED) is 0.660. The molecule has 5 nitrogen and oxygen atoms in total. The number of hydrogen-bond donors (Lipinski definition) is 1. The summed E-state index contributed by atoms with van der Waals surface area (Å²) in [6, 6.07) is 3.00. The highest BCUT2D eigenvalue weighted by atomic mass is 32.2. The fraction of sp³-hybridized carbons (Fsp3) is 0.235. The third-order valence-corrected chi connectivity index (χ3v) is 5.93. The molecule has 9 heteroatoms. The van der Waals surface area contributed by atoms with Gasteiger partial charge in [0.2, 0.25) is 5.91 Å². The molecule has 0 aliphatic carbocycles. The van der Waals surface area contributed by atoms with Gasteiger partial charge in [-0.3, -0.25) is 4.79 Å².